The summed E-state index contributed by atoms with van der Waals surface area (Å²) < 4.78 is 25.1. The van der Waals surface area contributed by atoms with Crippen molar-refractivity contribution in [2.75, 3.05) is 12.8 Å². The SMILES string of the molecule is CCP(C)(=O)c1cc(F)cc(CCl)c1. The van der Waals surface area contributed by atoms with Crippen molar-refractivity contribution in [1.82, 2.24) is 0 Å². The van der Waals surface area contributed by atoms with Crippen LogP contribution in [0.15, 0.2) is 18.2 Å². The average Bonchev–Trinajstić information content (AvgIpc) is 2.16. The van der Waals surface area contributed by atoms with Gasteiger partial charge in [-0.15, -0.1) is 11.6 Å². The number of hydrogen-bond acceptors (Lipinski definition) is 1. The lowest BCUT2D eigenvalue weighted by molar-refractivity contribution is 0.584. The molecule has 0 N–H and O–H groups in total. The van der Waals surface area contributed by atoms with Crippen molar-refractivity contribution >= 4 is 24.0 Å². The van der Waals surface area contributed by atoms with Gasteiger partial charge in [-0.3, -0.25) is 0 Å². The highest BCUT2D eigenvalue weighted by Crippen LogP contribution is 2.39. The Morgan fingerprint density at radius 3 is 2.57 bits per heavy atom. The first-order valence-corrected chi connectivity index (χ1v) is 7.29. The highest BCUT2D eigenvalue weighted by atomic mass is 35.5. The molecule has 1 unspecified atom stereocenters. The molecule has 0 radical (unpaired) electrons. The van der Waals surface area contributed by atoms with Crippen LogP contribution in [-0.4, -0.2) is 12.8 Å². The lowest BCUT2D eigenvalue weighted by Crippen LogP contribution is -2.07. The Morgan fingerprint density at radius 1 is 1.43 bits per heavy atom. The van der Waals surface area contributed by atoms with Crippen LogP contribution in [0, 0.1) is 5.82 Å². The molecular formula is C10H13ClFOP. The summed E-state index contributed by atoms with van der Waals surface area (Å²) in [5, 5.41) is 0.579. The summed E-state index contributed by atoms with van der Waals surface area (Å²) in [6.45, 7) is 3.51. The number of rotatable bonds is 3. The molecule has 78 valence electrons. The highest BCUT2D eigenvalue weighted by molar-refractivity contribution is 7.70. The highest BCUT2D eigenvalue weighted by Gasteiger charge is 2.16. The van der Waals surface area contributed by atoms with Crippen molar-refractivity contribution in [2.45, 2.75) is 12.8 Å². The number of halogens is 2. The average molecular weight is 235 g/mol. The van der Waals surface area contributed by atoms with Gasteiger partial charge in [-0.25, -0.2) is 4.39 Å². The Hall–Kier alpha value is -0.330. The van der Waals surface area contributed by atoms with Crippen molar-refractivity contribution in [2.24, 2.45) is 0 Å². The zero-order valence-electron chi connectivity index (χ0n) is 8.26. The number of hydrogen-bond donors (Lipinski definition) is 0. The van der Waals surface area contributed by atoms with Gasteiger partial charge in [0.15, 0.2) is 0 Å². The molecule has 0 heterocycles. The van der Waals surface area contributed by atoms with Gasteiger partial charge in [-0.2, -0.15) is 0 Å². The Bertz CT molecular complexity index is 378. The van der Waals surface area contributed by atoms with Crippen LogP contribution in [-0.2, 0) is 10.4 Å². The molecule has 1 aromatic rings. The van der Waals surface area contributed by atoms with Crippen LogP contribution in [0.2, 0.25) is 0 Å². The van der Waals surface area contributed by atoms with Gasteiger partial charge < -0.3 is 4.57 Å². The fourth-order valence-electron chi connectivity index (χ4n) is 1.17. The minimum atomic E-state index is -2.39. The van der Waals surface area contributed by atoms with Gasteiger partial charge in [-0.1, -0.05) is 6.92 Å². The van der Waals surface area contributed by atoms with E-state index in [0.29, 0.717) is 17.0 Å². The van der Waals surface area contributed by atoms with Gasteiger partial charge in [-0.05, 0) is 30.4 Å². The maximum Gasteiger partial charge on any atom is 0.124 e. The second kappa shape index (κ2) is 4.46. The van der Waals surface area contributed by atoms with E-state index in [9.17, 15) is 8.96 Å². The predicted octanol–water partition coefficient (Wildman–Crippen LogP) is 3.20. The fraction of sp³-hybridized carbons (Fsp3) is 0.400. The van der Waals surface area contributed by atoms with E-state index in [1.54, 1.807) is 12.7 Å². The van der Waals surface area contributed by atoms with E-state index in [1.165, 1.54) is 12.1 Å². The Morgan fingerprint density at radius 2 is 2.07 bits per heavy atom. The van der Waals surface area contributed by atoms with Crippen LogP contribution in [0.25, 0.3) is 0 Å². The molecule has 0 amide bonds. The first-order valence-electron chi connectivity index (χ1n) is 4.42. The van der Waals surface area contributed by atoms with Gasteiger partial charge in [0.05, 0.1) is 0 Å². The predicted molar refractivity (Wildman–Crippen MR) is 59.7 cm³/mol. The summed E-state index contributed by atoms with van der Waals surface area (Å²) in [4.78, 5) is 0. The third kappa shape index (κ3) is 2.59. The van der Waals surface area contributed by atoms with Gasteiger partial charge in [0.25, 0.3) is 0 Å². The maximum atomic E-state index is 13.1. The van der Waals surface area contributed by atoms with Gasteiger partial charge in [0.1, 0.15) is 13.0 Å². The molecule has 1 aromatic carbocycles. The summed E-state index contributed by atoms with van der Waals surface area (Å²) in [5.41, 5.74) is 0.678. The lowest BCUT2D eigenvalue weighted by atomic mass is 10.2. The smallest absolute Gasteiger partial charge is 0.124 e. The van der Waals surface area contributed by atoms with Crippen molar-refractivity contribution < 1.29 is 8.96 Å². The topological polar surface area (TPSA) is 17.1 Å². The summed E-state index contributed by atoms with van der Waals surface area (Å²) in [7, 11) is -2.39. The fourth-order valence-corrected chi connectivity index (χ4v) is 2.52. The summed E-state index contributed by atoms with van der Waals surface area (Å²) in [5.74, 6) is -0.122. The second-order valence-corrected chi connectivity index (χ2v) is 6.99. The number of benzene rings is 1. The van der Waals surface area contributed by atoms with E-state index < -0.39 is 7.14 Å². The third-order valence-corrected chi connectivity index (χ3v) is 5.11. The molecule has 1 atom stereocenters. The van der Waals surface area contributed by atoms with E-state index in [4.69, 9.17) is 11.6 Å². The van der Waals surface area contributed by atoms with Crippen LogP contribution in [0.3, 0.4) is 0 Å². The van der Waals surface area contributed by atoms with Crippen molar-refractivity contribution in [3.63, 3.8) is 0 Å². The molecule has 0 saturated heterocycles. The summed E-state index contributed by atoms with van der Waals surface area (Å²) in [6.07, 6.45) is 0.540. The van der Waals surface area contributed by atoms with E-state index in [1.807, 2.05) is 6.92 Å². The Kier molecular flexibility index (Phi) is 3.74. The van der Waals surface area contributed by atoms with Crippen LogP contribution in [0.1, 0.15) is 12.5 Å². The van der Waals surface area contributed by atoms with Gasteiger partial charge in [0, 0.05) is 17.3 Å². The molecular weight excluding hydrogens is 222 g/mol. The standard InChI is InChI=1S/C10H13ClFOP/c1-3-14(2,13)10-5-8(7-11)4-9(12)6-10/h4-6H,3,7H2,1-2H3. The first-order chi connectivity index (χ1) is 6.49. The van der Waals surface area contributed by atoms with E-state index in [2.05, 4.69) is 0 Å². The van der Waals surface area contributed by atoms with Crippen molar-refractivity contribution in [1.29, 1.82) is 0 Å². The number of alkyl halides is 1. The van der Waals surface area contributed by atoms with Crippen molar-refractivity contribution in [3.8, 4) is 0 Å². The molecule has 0 fully saturated rings. The van der Waals surface area contributed by atoms with E-state index in [-0.39, 0.29) is 11.7 Å². The van der Waals surface area contributed by atoms with Crippen LogP contribution < -0.4 is 5.30 Å². The molecule has 0 aromatic heterocycles. The van der Waals surface area contributed by atoms with Gasteiger partial charge in [0.2, 0.25) is 0 Å². The zero-order valence-corrected chi connectivity index (χ0v) is 9.91. The van der Waals surface area contributed by atoms with Crippen LogP contribution in [0.5, 0.6) is 0 Å². The molecule has 1 rings (SSSR count). The molecule has 0 aliphatic rings. The quantitative estimate of drug-likeness (QED) is 0.580. The van der Waals surface area contributed by atoms with E-state index in [0.717, 1.165) is 0 Å². The Labute approximate surface area is 88.6 Å². The molecule has 0 bridgehead atoms. The minimum absolute atomic E-state index is 0.245. The molecule has 0 spiro atoms. The molecule has 0 aliphatic carbocycles. The molecule has 14 heavy (non-hydrogen) atoms. The second-order valence-electron chi connectivity index (χ2n) is 3.37. The largest absolute Gasteiger partial charge is 0.319 e. The molecule has 0 saturated carbocycles. The van der Waals surface area contributed by atoms with Gasteiger partial charge >= 0.3 is 0 Å². The molecule has 0 aliphatic heterocycles. The molecule has 1 nitrogen and oxygen atoms in total. The van der Waals surface area contributed by atoms with Crippen molar-refractivity contribution in [3.05, 3.63) is 29.6 Å². The van der Waals surface area contributed by atoms with E-state index >= 15 is 0 Å². The first kappa shape index (κ1) is 11.7. The molecule has 4 heteroatoms. The zero-order chi connectivity index (χ0) is 10.8. The van der Waals surface area contributed by atoms with Crippen LogP contribution in [0.4, 0.5) is 4.39 Å². The minimum Gasteiger partial charge on any atom is -0.319 e. The summed E-state index contributed by atoms with van der Waals surface area (Å²) >= 11 is 5.61. The normalized spacial score (nSPS) is 15.1. The third-order valence-electron chi connectivity index (χ3n) is 2.25. The lowest BCUT2D eigenvalue weighted by Gasteiger charge is -2.11. The maximum absolute atomic E-state index is 13.1. The summed E-state index contributed by atoms with van der Waals surface area (Å²) in [6, 6.07) is 4.42. The monoisotopic (exact) mass is 234 g/mol. The Balaban J connectivity index is 3.22. The van der Waals surface area contributed by atoms with Crippen LogP contribution >= 0.6 is 18.7 Å².